The third-order valence-electron chi connectivity index (χ3n) is 4.30. The van der Waals surface area contributed by atoms with Crippen molar-refractivity contribution < 1.29 is 9.90 Å². The molecule has 0 aromatic carbocycles. The SMILES string of the molecule is O=C(c1ccc(Cl)s1)N1CCN([C@H]2CCC[C@H]2O)CC1. The molecule has 0 unspecified atom stereocenters. The lowest BCUT2D eigenvalue weighted by atomic mass is 10.1. The van der Waals surface area contributed by atoms with Crippen molar-refractivity contribution in [2.75, 3.05) is 26.2 Å². The van der Waals surface area contributed by atoms with Crippen molar-refractivity contribution in [2.24, 2.45) is 0 Å². The van der Waals surface area contributed by atoms with E-state index in [0.717, 1.165) is 45.4 Å². The van der Waals surface area contributed by atoms with Gasteiger partial charge in [0, 0.05) is 32.2 Å². The van der Waals surface area contributed by atoms with Gasteiger partial charge in [0.25, 0.3) is 5.91 Å². The van der Waals surface area contributed by atoms with Crippen LogP contribution in [0, 0.1) is 0 Å². The fraction of sp³-hybridized carbons (Fsp3) is 0.643. The minimum Gasteiger partial charge on any atom is -0.391 e. The first-order valence-electron chi connectivity index (χ1n) is 7.12. The molecule has 6 heteroatoms. The van der Waals surface area contributed by atoms with Gasteiger partial charge in [0.2, 0.25) is 0 Å². The lowest BCUT2D eigenvalue weighted by Crippen LogP contribution is -2.53. The summed E-state index contributed by atoms with van der Waals surface area (Å²) in [5.74, 6) is 0.0773. The third-order valence-corrected chi connectivity index (χ3v) is 5.52. The number of hydrogen-bond acceptors (Lipinski definition) is 4. The van der Waals surface area contributed by atoms with Crippen LogP contribution in [0.5, 0.6) is 0 Å². The number of thiophene rings is 1. The minimum absolute atomic E-state index is 0.0773. The Morgan fingerprint density at radius 3 is 2.55 bits per heavy atom. The first kappa shape index (κ1) is 14.3. The first-order valence-corrected chi connectivity index (χ1v) is 8.31. The zero-order chi connectivity index (χ0) is 14.1. The highest BCUT2D eigenvalue weighted by Gasteiger charge is 2.33. The van der Waals surface area contributed by atoms with Gasteiger partial charge in [-0.25, -0.2) is 0 Å². The standard InChI is InChI=1S/C14H19ClN2O2S/c15-13-5-4-12(20-13)14(19)17-8-6-16(7-9-17)10-2-1-3-11(10)18/h4-5,10-11,18H,1-3,6-9H2/t10-,11+/m0/s1. The summed E-state index contributed by atoms with van der Waals surface area (Å²) in [4.78, 5) is 17.3. The summed E-state index contributed by atoms with van der Waals surface area (Å²) < 4.78 is 0.654. The zero-order valence-electron chi connectivity index (χ0n) is 11.3. The van der Waals surface area contributed by atoms with Crippen molar-refractivity contribution in [1.29, 1.82) is 0 Å². The zero-order valence-corrected chi connectivity index (χ0v) is 12.9. The molecule has 1 saturated heterocycles. The molecule has 2 heterocycles. The first-order chi connectivity index (χ1) is 9.65. The summed E-state index contributed by atoms with van der Waals surface area (Å²) in [6, 6.07) is 3.86. The van der Waals surface area contributed by atoms with E-state index < -0.39 is 0 Å². The summed E-state index contributed by atoms with van der Waals surface area (Å²) >= 11 is 7.22. The van der Waals surface area contributed by atoms with Gasteiger partial charge in [-0.05, 0) is 31.4 Å². The Bertz CT molecular complexity index is 485. The molecule has 2 fully saturated rings. The van der Waals surface area contributed by atoms with E-state index >= 15 is 0 Å². The molecule has 1 saturated carbocycles. The molecule has 1 aliphatic heterocycles. The number of piperazine rings is 1. The van der Waals surface area contributed by atoms with Crippen molar-refractivity contribution in [3.8, 4) is 0 Å². The predicted octanol–water partition coefficient (Wildman–Crippen LogP) is 2.07. The predicted molar refractivity (Wildman–Crippen MR) is 80.5 cm³/mol. The molecule has 1 aromatic rings. The molecule has 110 valence electrons. The van der Waals surface area contributed by atoms with Gasteiger partial charge in [0.15, 0.2) is 0 Å². The highest BCUT2D eigenvalue weighted by Crippen LogP contribution is 2.26. The second-order valence-electron chi connectivity index (χ2n) is 5.50. The molecule has 1 aromatic heterocycles. The molecular formula is C14H19ClN2O2S. The number of rotatable bonds is 2. The summed E-state index contributed by atoms with van der Waals surface area (Å²) in [5.41, 5.74) is 0. The molecule has 0 spiro atoms. The number of carbonyl (C=O) groups excluding carboxylic acids is 1. The average molecular weight is 315 g/mol. The average Bonchev–Trinajstić information content (AvgIpc) is 3.07. The van der Waals surface area contributed by atoms with E-state index in [9.17, 15) is 9.90 Å². The van der Waals surface area contributed by atoms with Gasteiger partial charge in [-0.2, -0.15) is 0 Å². The fourth-order valence-corrected chi connectivity index (χ4v) is 4.20. The lowest BCUT2D eigenvalue weighted by molar-refractivity contribution is 0.0318. The minimum atomic E-state index is -0.187. The Labute approximate surface area is 127 Å². The van der Waals surface area contributed by atoms with Crippen molar-refractivity contribution >= 4 is 28.8 Å². The molecule has 20 heavy (non-hydrogen) atoms. The van der Waals surface area contributed by atoms with Gasteiger partial charge in [-0.3, -0.25) is 9.69 Å². The molecule has 3 rings (SSSR count). The van der Waals surface area contributed by atoms with Crippen molar-refractivity contribution in [1.82, 2.24) is 9.80 Å². The van der Waals surface area contributed by atoms with E-state index in [1.165, 1.54) is 11.3 Å². The largest absolute Gasteiger partial charge is 0.391 e. The Morgan fingerprint density at radius 1 is 1.25 bits per heavy atom. The lowest BCUT2D eigenvalue weighted by Gasteiger charge is -2.38. The normalized spacial score (nSPS) is 28.0. The van der Waals surface area contributed by atoms with E-state index in [1.807, 2.05) is 4.90 Å². The van der Waals surface area contributed by atoms with E-state index in [4.69, 9.17) is 11.6 Å². The fourth-order valence-electron chi connectivity index (χ4n) is 3.19. The van der Waals surface area contributed by atoms with Gasteiger partial charge in [0.05, 0.1) is 15.3 Å². The van der Waals surface area contributed by atoms with Gasteiger partial charge in [0.1, 0.15) is 0 Å². The topological polar surface area (TPSA) is 43.8 Å². The third kappa shape index (κ3) is 2.86. The van der Waals surface area contributed by atoms with Crippen LogP contribution >= 0.6 is 22.9 Å². The maximum absolute atomic E-state index is 12.3. The second-order valence-corrected chi connectivity index (χ2v) is 7.21. The van der Waals surface area contributed by atoms with Crippen molar-refractivity contribution in [3.05, 3.63) is 21.3 Å². The van der Waals surface area contributed by atoms with E-state index in [1.54, 1.807) is 12.1 Å². The number of nitrogens with zero attached hydrogens (tertiary/aromatic N) is 2. The molecule has 1 aliphatic carbocycles. The van der Waals surface area contributed by atoms with Crippen LogP contribution in [0.15, 0.2) is 12.1 Å². The van der Waals surface area contributed by atoms with Crippen LogP contribution in [-0.4, -0.2) is 59.1 Å². The van der Waals surface area contributed by atoms with Crippen LogP contribution in [0.25, 0.3) is 0 Å². The number of halogens is 1. The Kier molecular flexibility index (Phi) is 4.31. The second kappa shape index (κ2) is 6.02. The monoisotopic (exact) mass is 314 g/mol. The van der Waals surface area contributed by atoms with Gasteiger partial charge in [-0.15, -0.1) is 11.3 Å². The number of aliphatic hydroxyl groups excluding tert-OH is 1. The summed E-state index contributed by atoms with van der Waals surface area (Å²) in [5, 5.41) is 9.96. The van der Waals surface area contributed by atoms with E-state index in [0.29, 0.717) is 15.3 Å². The van der Waals surface area contributed by atoms with Crippen LogP contribution in [0.2, 0.25) is 4.34 Å². The van der Waals surface area contributed by atoms with Crippen LogP contribution in [-0.2, 0) is 0 Å². The van der Waals surface area contributed by atoms with Crippen LogP contribution in [0.4, 0.5) is 0 Å². The molecule has 2 atom stereocenters. The summed E-state index contributed by atoms with van der Waals surface area (Å²) in [7, 11) is 0. The molecule has 0 radical (unpaired) electrons. The smallest absolute Gasteiger partial charge is 0.264 e. The van der Waals surface area contributed by atoms with Crippen LogP contribution < -0.4 is 0 Å². The van der Waals surface area contributed by atoms with Gasteiger partial charge >= 0.3 is 0 Å². The molecular weight excluding hydrogens is 296 g/mol. The van der Waals surface area contributed by atoms with Crippen molar-refractivity contribution in [2.45, 2.75) is 31.4 Å². The quantitative estimate of drug-likeness (QED) is 0.909. The molecule has 2 aliphatic rings. The highest BCUT2D eigenvalue weighted by atomic mass is 35.5. The van der Waals surface area contributed by atoms with Crippen LogP contribution in [0.1, 0.15) is 28.9 Å². The molecule has 4 nitrogen and oxygen atoms in total. The highest BCUT2D eigenvalue weighted by molar-refractivity contribution is 7.17. The number of carbonyl (C=O) groups is 1. The Balaban J connectivity index is 1.57. The van der Waals surface area contributed by atoms with Gasteiger partial charge < -0.3 is 10.0 Å². The molecule has 0 bridgehead atoms. The number of hydrogen-bond donors (Lipinski definition) is 1. The number of amides is 1. The molecule has 1 N–H and O–H groups in total. The molecule has 1 amide bonds. The summed E-state index contributed by atoms with van der Waals surface area (Å²) in [6.45, 7) is 3.17. The van der Waals surface area contributed by atoms with Crippen molar-refractivity contribution in [3.63, 3.8) is 0 Å². The van der Waals surface area contributed by atoms with Gasteiger partial charge in [-0.1, -0.05) is 11.6 Å². The Hall–Kier alpha value is -0.620. The van der Waals surface area contributed by atoms with E-state index in [-0.39, 0.29) is 12.0 Å². The maximum Gasteiger partial charge on any atom is 0.264 e. The maximum atomic E-state index is 12.3. The summed E-state index contributed by atoms with van der Waals surface area (Å²) in [6.07, 6.45) is 2.92. The Morgan fingerprint density at radius 2 is 2.00 bits per heavy atom. The van der Waals surface area contributed by atoms with Crippen LogP contribution in [0.3, 0.4) is 0 Å². The van der Waals surface area contributed by atoms with E-state index in [2.05, 4.69) is 4.90 Å². The number of aliphatic hydroxyl groups is 1.